The monoisotopic (exact) mass is 319 g/mol. The molecule has 0 fully saturated rings. The summed E-state index contributed by atoms with van der Waals surface area (Å²) in [5, 5.41) is 0.634. The van der Waals surface area contributed by atoms with Crippen molar-refractivity contribution in [2.24, 2.45) is 0 Å². The van der Waals surface area contributed by atoms with Crippen LogP contribution in [0, 0.1) is 0 Å². The molecule has 22 heavy (non-hydrogen) atoms. The van der Waals surface area contributed by atoms with Gasteiger partial charge in [-0.1, -0.05) is 18.2 Å². The minimum absolute atomic E-state index is 0.0856. The highest BCUT2D eigenvalue weighted by molar-refractivity contribution is 7.13. The Bertz CT molecular complexity index is 624. The number of ketones is 1. The topological polar surface area (TPSA) is 65.5 Å². The molecular formula is C16H17NO4S. The normalized spacial score (nSPS) is 10.2. The zero-order valence-electron chi connectivity index (χ0n) is 12.3. The zero-order valence-corrected chi connectivity index (χ0v) is 13.1. The van der Waals surface area contributed by atoms with Crippen molar-refractivity contribution >= 4 is 23.1 Å². The van der Waals surface area contributed by atoms with Gasteiger partial charge in [0.05, 0.1) is 26.3 Å². The van der Waals surface area contributed by atoms with Crippen LogP contribution >= 0.6 is 11.3 Å². The molecule has 0 spiro atoms. The van der Waals surface area contributed by atoms with Crippen LogP contribution in [0.25, 0.3) is 0 Å². The summed E-state index contributed by atoms with van der Waals surface area (Å²) in [6, 6.07) is 9.49. The van der Waals surface area contributed by atoms with Gasteiger partial charge in [-0.15, -0.1) is 11.3 Å². The summed E-state index contributed by atoms with van der Waals surface area (Å²) in [4.78, 5) is 27.7. The summed E-state index contributed by atoms with van der Waals surface area (Å²) in [7, 11) is 1.32. The Labute approximate surface area is 132 Å². The van der Waals surface area contributed by atoms with Crippen molar-refractivity contribution in [1.82, 2.24) is 4.98 Å². The second-order valence-corrected chi connectivity index (χ2v) is 5.71. The Hall–Kier alpha value is -2.21. The maximum absolute atomic E-state index is 11.9. The average Bonchev–Trinajstić information content (AvgIpc) is 3.00. The van der Waals surface area contributed by atoms with Gasteiger partial charge in [0.15, 0.2) is 0 Å². The number of carbonyl (C=O) groups excluding carboxylic acids is 2. The van der Waals surface area contributed by atoms with Crippen LogP contribution in [0.4, 0.5) is 0 Å². The molecule has 0 bridgehead atoms. The number of esters is 1. The Morgan fingerprint density at radius 2 is 2.00 bits per heavy atom. The Morgan fingerprint density at radius 1 is 1.23 bits per heavy atom. The molecule has 0 saturated carbocycles. The van der Waals surface area contributed by atoms with Crippen molar-refractivity contribution < 1.29 is 19.1 Å². The zero-order chi connectivity index (χ0) is 15.8. The molecule has 0 saturated heterocycles. The lowest BCUT2D eigenvalue weighted by Crippen LogP contribution is -2.05. The number of ether oxygens (including phenoxy) is 2. The van der Waals surface area contributed by atoms with E-state index in [1.165, 1.54) is 24.6 Å². The molecule has 0 amide bonds. The Morgan fingerprint density at radius 3 is 2.73 bits per heavy atom. The number of methoxy groups -OCH3 is 1. The van der Waals surface area contributed by atoms with Crippen molar-refractivity contribution in [3.63, 3.8) is 0 Å². The van der Waals surface area contributed by atoms with Crippen LogP contribution < -0.4 is 4.74 Å². The Balaban J connectivity index is 1.69. The van der Waals surface area contributed by atoms with Crippen molar-refractivity contribution in [2.45, 2.75) is 19.3 Å². The van der Waals surface area contributed by atoms with Gasteiger partial charge in [0.25, 0.3) is 0 Å². The van der Waals surface area contributed by atoms with Crippen molar-refractivity contribution in [3.8, 4) is 5.75 Å². The smallest absolute Gasteiger partial charge is 0.349 e. The van der Waals surface area contributed by atoms with Crippen molar-refractivity contribution in [3.05, 3.63) is 46.4 Å². The van der Waals surface area contributed by atoms with E-state index >= 15 is 0 Å². The van der Waals surface area contributed by atoms with E-state index < -0.39 is 5.97 Å². The molecule has 5 nitrogen and oxygen atoms in total. The molecule has 116 valence electrons. The third kappa shape index (κ3) is 4.96. The maximum Gasteiger partial charge on any atom is 0.349 e. The van der Waals surface area contributed by atoms with E-state index in [1.807, 2.05) is 30.3 Å². The number of thiazole rings is 1. The van der Waals surface area contributed by atoms with Gasteiger partial charge in [0.2, 0.25) is 0 Å². The second-order valence-electron chi connectivity index (χ2n) is 4.59. The number of hydrogen-bond acceptors (Lipinski definition) is 6. The van der Waals surface area contributed by atoms with Gasteiger partial charge in [0.1, 0.15) is 21.4 Å². The first-order chi connectivity index (χ1) is 10.7. The predicted molar refractivity (Wildman–Crippen MR) is 83.3 cm³/mol. The van der Waals surface area contributed by atoms with Gasteiger partial charge in [-0.3, -0.25) is 4.79 Å². The third-order valence-corrected chi connectivity index (χ3v) is 3.88. The lowest BCUT2D eigenvalue weighted by atomic mass is 10.2. The molecule has 0 aliphatic rings. The number of benzene rings is 1. The quantitative estimate of drug-likeness (QED) is 0.553. The van der Waals surface area contributed by atoms with Gasteiger partial charge in [-0.25, -0.2) is 9.78 Å². The van der Waals surface area contributed by atoms with Gasteiger partial charge >= 0.3 is 5.97 Å². The van der Waals surface area contributed by atoms with Crippen LogP contribution in [0.2, 0.25) is 0 Å². The molecule has 1 aromatic heterocycles. The number of aromatic nitrogens is 1. The first-order valence-electron chi connectivity index (χ1n) is 6.91. The van der Waals surface area contributed by atoms with Crippen LogP contribution in [0.5, 0.6) is 5.75 Å². The summed E-state index contributed by atoms with van der Waals surface area (Å²) in [6.45, 7) is 0.501. The van der Waals surface area contributed by atoms with E-state index in [2.05, 4.69) is 9.72 Å². The molecule has 0 radical (unpaired) electrons. The molecule has 1 aromatic carbocycles. The number of para-hydroxylation sites is 1. The molecule has 2 rings (SSSR count). The van der Waals surface area contributed by atoms with E-state index in [1.54, 1.807) is 0 Å². The fourth-order valence-corrected chi connectivity index (χ4v) is 2.68. The van der Waals surface area contributed by atoms with E-state index in [4.69, 9.17) is 4.74 Å². The average molecular weight is 319 g/mol. The first-order valence-corrected chi connectivity index (χ1v) is 7.73. The minimum atomic E-state index is -0.424. The highest BCUT2D eigenvalue weighted by Gasteiger charge is 2.13. The van der Waals surface area contributed by atoms with Gasteiger partial charge in [-0.2, -0.15) is 0 Å². The van der Waals surface area contributed by atoms with Crippen LogP contribution in [-0.4, -0.2) is 30.5 Å². The minimum Gasteiger partial charge on any atom is -0.494 e. The summed E-state index contributed by atoms with van der Waals surface area (Å²) in [6.07, 6.45) is 2.77. The molecule has 1 heterocycles. The third-order valence-electron chi connectivity index (χ3n) is 2.90. The lowest BCUT2D eigenvalue weighted by molar-refractivity contribution is -0.118. The number of Topliss-reactive ketones (excluding diaryl/α,β-unsaturated/α-hetero) is 1. The standard InChI is InChI=1S/C16H17NO4S/c1-20-16(19)14-11-17-15(22-14)10-12(18)6-5-9-21-13-7-3-2-4-8-13/h2-4,7-8,11H,5-6,9-10H2,1H3. The summed E-state index contributed by atoms with van der Waals surface area (Å²) in [5.41, 5.74) is 0. The van der Waals surface area contributed by atoms with Crippen molar-refractivity contribution in [2.75, 3.05) is 13.7 Å². The second kappa shape index (κ2) is 8.29. The molecule has 0 aliphatic heterocycles. The fourth-order valence-electron chi connectivity index (χ4n) is 1.82. The largest absolute Gasteiger partial charge is 0.494 e. The van der Waals surface area contributed by atoms with Crippen LogP contribution in [0.3, 0.4) is 0 Å². The molecule has 6 heteroatoms. The SMILES string of the molecule is COC(=O)c1cnc(CC(=O)CCCOc2ccccc2)s1. The van der Waals surface area contributed by atoms with E-state index in [-0.39, 0.29) is 12.2 Å². The first kappa shape index (κ1) is 16.2. The maximum atomic E-state index is 11.9. The fraction of sp³-hybridized carbons (Fsp3) is 0.312. The summed E-state index contributed by atoms with van der Waals surface area (Å²) < 4.78 is 10.1. The van der Waals surface area contributed by atoms with E-state index in [9.17, 15) is 9.59 Å². The van der Waals surface area contributed by atoms with Crippen LogP contribution in [0.1, 0.15) is 27.5 Å². The van der Waals surface area contributed by atoms with Crippen molar-refractivity contribution in [1.29, 1.82) is 0 Å². The summed E-state index contributed by atoms with van der Waals surface area (Å²) >= 11 is 1.19. The highest BCUT2D eigenvalue weighted by atomic mass is 32.1. The molecular weight excluding hydrogens is 302 g/mol. The number of nitrogens with zero attached hydrogens (tertiary/aromatic N) is 1. The molecule has 0 unspecified atom stereocenters. The number of hydrogen-bond donors (Lipinski definition) is 0. The molecule has 2 aromatic rings. The highest BCUT2D eigenvalue weighted by Crippen LogP contribution is 2.15. The van der Waals surface area contributed by atoms with E-state index in [0.717, 1.165) is 5.75 Å². The molecule has 0 N–H and O–H groups in total. The molecule has 0 aliphatic carbocycles. The lowest BCUT2D eigenvalue weighted by Gasteiger charge is -2.04. The van der Waals surface area contributed by atoms with Gasteiger partial charge < -0.3 is 9.47 Å². The van der Waals surface area contributed by atoms with Gasteiger partial charge in [0, 0.05) is 6.42 Å². The number of carbonyl (C=O) groups is 2. The van der Waals surface area contributed by atoms with Gasteiger partial charge in [-0.05, 0) is 18.6 Å². The van der Waals surface area contributed by atoms with Crippen LogP contribution in [-0.2, 0) is 16.0 Å². The van der Waals surface area contributed by atoms with Crippen LogP contribution in [0.15, 0.2) is 36.5 Å². The molecule has 0 atom stereocenters. The Kier molecular flexibility index (Phi) is 6.09. The number of rotatable bonds is 8. The van der Waals surface area contributed by atoms with E-state index in [0.29, 0.717) is 29.3 Å². The summed E-state index contributed by atoms with van der Waals surface area (Å²) in [5.74, 6) is 0.465. The predicted octanol–water partition coefficient (Wildman–Crippen LogP) is 2.90.